The van der Waals surface area contributed by atoms with Gasteiger partial charge in [0.2, 0.25) is 11.8 Å². The van der Waals surface area contributed by atoms with Crippen molar-refractivity contribution in [1.82, 2.24) is 15.1 Å². The van der Waals surface area contributed by atoms with E-state index in [0.717, 1.165) is 38.8 Å². The molecule has 2 aliphatic heterocycles. The number of thioether (sulfide) groups is 1. The number of nitrogens with two attached hydrogens (primary N) is 1. The van der Waals surface area contributed by atoms with Crippen molar-refractivity contribution >= 4 is 29.5 Å². The molecule has 2 unspecified atom stereocenters. The first-order valence-corrected chi connectivity index (χ1v) is 12.5. The second kappa shape index (κ2) is 11.9. The summed E-state index contributed by atoms with van der Waals surface area (Å²) in [5, 5.41) is 12.3. The molecule has 8 nitrogen and oxygen atoms in total. The van der Waals surface area contributed by atoms with Gasteiger partial charge in [-0.25, -0.2) is 4.79 Å². The molecule has 0 saturated carbocycles. The summed E-state index contributed by atoms with van der Waals surface area (Å²) < 4.78 is 0. The first kappa shape index (κ1) is 24.9. The lowest BCUT2D eigenvalue weighted by atomic mass is 9.94. The number of hydrogen-bond donors (Lipinski definition) is 3. The molecule has 9 heteroatoms. The molecule has 5 atom stereocenters. The van der Waals surface area contributed by atoms with Crippen LogP contribution in [0.4, 0.5) is 0 Å². The fraction of sp³-hybridized carbons (Fsp3) is 0.857. The summed E-state index contributed by atoms with van der Waals surface area (Å²) >= 11 is 1.57. The molecule has 0 aromatic carbocycles. The normalized spacial score (nSPS) is 27.9. The van der Waals surface area contributed by atoms with Gasteiger partial charge >= 0.3 is 5.97 Å². The van der Waals surface area contributed by atoms with Crippen LogP contribution in [0.15, 0.2) is 0 Å². The van der Waals surface area contributed by atoms with Crippen molar-refractivity contribution in [2.45, 2.75) is 64.1 Å². The van der Waals surface area contributed by atoms with E-state index in [1.807, 2.05) is 11.2 Å². The molecule has 172 valence electrons. The highest BCUT2D eigenvalue weighted by Gasteiger charge is 2.43. The number of carboxylic acids is 1. The van der Waals surface area contributed by atoms with Gasteiger partial charge in [0.05, 0.1) is 12.6 Å². The van der Waals surface area contributed by atoms with E-state index in [1.165, 1.54) is 0 Å². The van der Waals surface area contributed by atoms with Crippen molar-refractivity contribution in [3.8, 4) is 0 Å². The van der Waals surface area contributed by atoms with Gasteiger partial charge in [0.25, 0.3) is 0 Å². The molecule has 2 heterocycles. The smallest absolute Gasteiger partial charge is 0.326 e. The van der Waals surface area contributed by atoms with Crippen molar-refractivity contribution in [2.75, 3.05) is 38.2 Å². The van der Waals surface area contributed by atoms with E-state index in [9.17, 15) is 19.5 Å². The number of aliphatic carboxylic acids is 1. The van der Waals surface area contributed by atoms with Gasteiger partial charge in [0.15, 0.2) is 0 Å². The standard InChI is InChI=1S/C21H38N4O4S/c1-4-14-7-10-25(18(26)12-22)17(14)13-24-9-6-15(5-2)19(24)20(27)23-16(21(28)29)8-11-30-3/h14-17,19H,4-13,22H2,1-3H3,(H,23,27)(H,28,29)/t14-,15-,16?,17+,19?/m0/s1. The number of likely N-dealkylation sites (tertiary alicyclic amines) is 2. The van der Waals surface area contributed by atoms with Crippen LogP contribution in [-0.2, 0) is 14.4 Å². The van der Waals surface area contributed by atoms with Crippen LogP contribution in [0.1, 0.15) is 46.0 Å². The Hall–Kier alpha value is -1.32. The summed E-state index contributed by atoms with van der Waals surface area (Å²) in [6, 6.07) is -1.15. The Morgan fingerprint density at radius 3 is 2.40 bits per heavy atom. The van der Waals surface area contributed by atoms with Crippen LogP contribution in [0.3, 0.4) is 0 Å². The van der Waals surface area contributed by atoms with E-state index in [-0.39, 0.29) is 36.4 Å². The molecular weight excluding hydrogens is 404 g/mol. The fourth-order valence-corrected chi connectivity index (χ4v) is 5.47. The van der Waals surface area contributed by atoms with Crippen LogP contribution >= 0.6 is 11.8 Å². The lowest BCUT2D eigenvalue weighted by Crippen LogP contribution is -2.55. The fourth-order valence-electron chi connectivity index (χ4n) is 5.00. The topological polar surface area (TPSA) is 116 Å². The first-order valence-electron chi connectivity index (χ1n) is 11.1. The van der Waals surface area contributed by atoms with Gasteiger partial charge in [-0.2, -0.15) is 11.8 Å². The highest BCUT2D eigenvalue weighted by Crippen LogP contribution is 2.33. The summed E-state index contributed by atoms with van der Waals surface area (Å²) in [7, 11) is 0. The molecular formula is C21H38N4O4S. The Bertz CT molecular complexity index is 606. The minimum absolute atomic E-state index is 0.00413. The quantitative estimate of drug-likeness (QED) is 0.437. The van der Waals surface area contributed by atoms with Crippen molar-refractivity contribution in [3.63, 3.8) is 0 Å². The molecule has 2 aliphatic rings. The molecule has 0 spiro atoms. The summed E-state index contributed by atoms with van der Waals surface area (Å²) in [6.45, 7) is 6.37. The minimum atomic E-state index is -0.989. The highest BCUT2D eigenvalue weighted by molar-refractivity contribution is 7.98. The number of hydrogen-bond acceptors (Lipinski definition) is 6. The van der Waals surface area contributed by atoms with Gasteiger partial charge in [-0.05, 0) is 49.7 Å². The zero-order valence-electron chi connectivity index (χ0n) is 18.5. The van der Waals surface area contributed by atoms with Crippen LogP contribution in [0.25, 0.3) is 0 Å². The van der Waals surface area contributed by atoms with E-state index >= 15 is 0 Å². The van der Waals surface area contributed by atoms with E-state index in [4.69, 9.17) is 5.73 Å². The third kappa shape index (κ3) is 5.88. The summed E-state index contributed by atoms with van der Waals surface area (Å²) in [5.74, 6) is 0.0518. The number of nitrogens with zero attached hydrogens (tertiary/aromatic N) is 2. The molecule has 0 aliphatic carbocycles. The highest BCUT2D eigenvalue weighted by atomic mass is 32.2. The monoisotopic (exact) mass is 442 g/mol. The third-order valence-corrected chi connectivity index (χ3v) is 7.42. The van der Waals surface area contributed by atoms with Gasteiger partial charge in [-0.3, -0.25) is 14.5 Å². The maximum Gasteiger partial charge on any atom is 0.326 e. The zero-order valence-corrected chi connectivity index (χ0v) is 19.3. The lowest BCUT2D eigenvalue weighted by molar-refractivity contribution is -0.143. The van der Waals surface area contributed by atoms with Crippen LogP contribution < -0.4 is 11.1 Å². The molecule has 2 rings (SSSR count). The van der Waals surface area contributed by atoms with E-state index < -0.39 is 12.0 Å². The molecule has 2 amide bonds. The van der Waals surface area contributed by atoms with Crippen molar-refractivity contribution in [1.29, 1.82) is 0 Å². The third-order valence-electron chi connectivity index (χ3n) is 6.77. The number of carbonyl (C=O) groups excluding carboxylic acids is 2. The Balaban J connectivity index is 2.14. The maximum atomic E-state index is 13.2. The lowest BCUT2D eigenvalue weighted by Gasteiger charge is -2.35. The summed E-state index contributed by atoms with van der Waals surface area (Å²) in [4.78, 5) is 41.2. The molecule has 4 N–H and O–H groups in total. The minimum Gasteiger partial charge on any atom is -0.480 e. The second-order valence-electron chi connectivity index (χ2n) is 8.39. The average molecular weight is 443 g/mol. The number of amides is 2. The molecule has 30 heavy (non-hydrogen) atoms. The Morgan fingerprint density at radius 1 is 1.17 bits per heavy atom. The van der Waals surface area contributed by atoms with E-state index in [0.29, 0.717) is 24.6 Å². The predicted octanol–water partition coefficient (Wildman–Crippen LogP) is 0.995. The number of nitrogens with one attached hydrogen (secondary N) is 1. The summed E-state index contributed by atoms with van der Waals surface area (Å²) in [5.41, 5.74) is 5.63. The Kier molecular flexibility index (Phi) is 9.90. The Morgan fingerprint density at radius 2 is 1.83 bits per heavy atom. The molecule has 2 fully saturated rings. The van der Waals surface area contributed by atoms with Crippen LogP contribution in [0, 0.1) is 11.8 Å². The number of rotatable bonds is 11. The number of carbonyl (C=O) groups is 3. The van der Waals surface area contributed by atoms with Crippen molar-refractivity contribution in [2.24, 2.45) is 17.6 Å². The SMILES string of the molecule is CC[C@H]1CCN(C[C@@H]2[C@@H](CC)CCN2C(=O)CN)C1C(=O)NC(CCSC)C(=O)O. The van der Waals surface area contributed by atoms with E-state index in [1.54, 1.807) is 11.8 Å². The molecule has 0 aromatic heterocycles. The second-order valence-corrected chi connectivity index (χ2v) is 9.38. The summed E-state index contributed by atoms with van der Waals surface area (Å²) in [6.07, 6.45) is 6.05. The van der Waals surface area contributed by atoms with Crippen LogP contribution in [0.2, 0.25) is 0 Å². The first-order chi connectivity index (χ1) is 14.4. The van der Waals surface area contributed by atoms with Gasteiger partial charge in [-0.15, -0.1) is 0 Å². The van der Waals surface area contributed by atoms with Crippen molar-refractivity contribution < 1.29 is 19.5 Å². The van der Waals surface area contributed by atoms with Crippen LogP contribution in [0.5, 0.6) is 0 Å². The van der Waals surface area contributed by atoms with Gasteiger partial charge < -0.3 is 21.1 Å². The van der Waals surface area contributed by atoms with Crippen LogP contribution in [-0.4, -0.2) is 89.0 Å². The predicted molar refractivity (Wildman–Crippen MR) is 119 cm³/mol. The number of carboxylic acid groups (broad SMARTS) is 1. The van der Waals surface area contributed by atoms with Gasteiger partial charge in [-0.1, -0.05) is 26.7 Å². The molecule has 0 aromatic rings. The van der Waals surface area contributed by atoms with E-state index in [2.05, 4.69) is 24.1 Å². The van der Waals surface area contributed by atoms with Crippen molar-refractivity contribution in [3.05, 3.63) is 0 Å². The van der Waals surface area contributed by atoms with Gasteiger partial charge in [0, 0.05) is 19.1 Å². The molecule has 0 bridgehead atoms. The van der Waals surface area contributed by atoms with Gasteiger partial charge in [0.1, 0.15) is 6.04 Å². The molecule has 2 saturated heterocycles. The average Bonchev–Trinajstić information content (AvgIpc) is 3.34. The largest absolute Gasteiger partial charge is 0.480 e. The molecule has 0 radical (unpaired) electrons. The maximum absolute atomic E-state index is 13.2. The Labute approximate surface area is 184 Å². The zero-order chi connectivity index (χ0) is 22.3.